The van der Waals surface area contributed by atoms with Crippen molar-refractivity contribution in [1.29, 1.82) is 0 Å². The van der Waals surface area contributed by atoms with E-state index in [2.05, 4.69) is 30.2 Å². The standard InChI is InChI=1S/C12H17ClN2/c1-8-6-10(11(13)14-7-8)15-9(2)12(3)4-5-12/h6-7,9,15H,4-5H2,1-3H3. The predicted molar refractivity (Wildman–Crippen MR) is 64.4 cm³/mol. The van der Waals surface area contributed by atoms with Crippen LogP contribution in [0.1, 0.15) is 32.3 Å². The highest BCUT2D eigenvalue weighted by atomic mass is 35.5. The number of halogens is 1. The van der Waals surface area contributed by atoms with E-state index in [1.807, 2.05) is 6.92 Å². The molecule has 82 valence electrons. The molecule has 0 radical (unpaired) electrons. The zero-order valence-electron chi connectivity index (χ0n) is 9.47. The Hall–Kier alpha value is -0.760. The van der Waals surface area contributed by atoms with Crippen molar-refractivity contribution in [3.05, 3.63) is 23.0 Å². The SMILES string of the molecule is Cc1cnc(Cl)c(NC(C)C2(C)CC2)c1. The van der Waals surface area contributed by atoms with Crippen LogP contribution in [0.4, 0.5) is 5.69 Å². The fourth-order valence-electron chi connectivity index (χ4n) is 1.69. The summed E-state index contributed by atoms with van der Waals surface area (Å²) in [5, 5.41) is 4.03. The fraction of sp³-hybridized carbons (Fsp3) is 0.583. The molecule has 0 spiro atoms. The summed E-state index contributed by atoms with van der Waals surface area (Å²) in [5.74, 6) is 0. The van der Waals surface area contributed by atoms with Gasteiger partial charge in [0.05, 0.1) is 5.69 Å². The molecule has 1 heterocycles. The topological polar surface area (TPSA) is 24.9 Å². The second-order valence-corrected chi connectivity index (χ2v) is 5.23. The van der Waals surface area contributed by atoms with Crippen LogP contribution in [0.3, 0.4) is 0 Å². The zero-order chi connectivity index (χ0) is 11.1. The number of pyridine rings is 1. The molecule has 1 fully saturated rings. The van der Waals surface area contributed by atoms with Crippen LogP contribution in [-0.4, -0.2) is 11.0 Å². The molecular formula is C12H17ClN2. The van der Waals surface area contributed by atoms with Gasteiger partial charge in [-0.25, -0.2) is 4.98 Å². The molecule has 1 saturated carbocycles. The average molecular weight is 225 g/mol. The van der Waals surface area contributed by atoms with E-state index in [-0.39, 0.29) is 0 Å². The van der Waals surface area contributed by atoms with Crippen molar-refractivity contribution in [2.75, 3.05) is 5.32 Å². The maximum Gasteiger partial charge on any atom is 0.152 e. The molecule has 0 bridgehead atoms. The van der Waals surface area contributed by atoms with Crippen LogP contribution in [0.15, 0.2) is 12.3 Å². The van der Waals surface area contributed by atoms with Gasteiger partial charge in [-0.3, -0.25) is 0 Å². The van der Waals surface area contributed by atoms with Crippen molar-refractivity contribution in [1.82, 2.24) is 4.98 Å². The lowest BCUT2D eigenvalue weighted by Crippen LogP contribution is -2.25. The largest absolute Gasteiger partial charge is 0.380 e. The second kappa shape index (κ2) is 3.67. The second-order valence-electron chi connectivity index (χ2n) is 4.87. The summed E-state index contributed by atoms with van der Waals surface area (Å²) in [7, 11) is 0. The summed E-state index contributed by atoms with van der Waals surface area (Å²) in [6.45, 7) is 6.55. The van der Waals surface area contributed by atoms with E-state index in [4.69, 9.17) is 11.6 Å². The van der Waals surface area contributed by atoms with Crippen molar-refractivity contribution < 1.29 is 0 Å². The normalized spacial score (nSPS) is 19.7. The monoisotopic (exact) mass is 224 g/mol. The van der Waals surface area contributed by atoms with Gasteiger partial charge in [-0.05, 0) is 43.7 Å². The van der Waals surface area contributed by atoms with E-state index >= 15 is 0 Å². The first-order chi connectivity index (χ1) is 7.01. The molecule has 1 aliphatic carbocycles. The molecular weight excluding hydrogens is 208 g/mol. The number of aromatic nitrogens is 1. The van der Waals surface area contributed by atoms with E-state index in [0.717, 1.165) is 11.3 Å². The third-order valence-corrected chi connectivity index (χ3v) is 3.73. The summed E-state index contributed by atoms with van der Waals surface area (Å²) in [6, 6.07) is 2.51. The Morgan fingerprint density at radius 2 is 2.20 bits per heavy atom. The van der Waals surface area contributed by atoms with Gasteiger partial charge in [0.1, 0.15) is 0 Å². The molecule has 1 N–H and O–H groups in total. The Morgan fingerprint density at radius 1 is 1.53 bits per heavy atom. The van der Waals surface area contributed by atoms with E-state index < -0.39 is 0 Å². The minimum atomic E-state index is 0.451. The first-order valence-corrected chi connectivity index (χ1v) is 5.78. The summed E-state index contributed by atoms with van der Waals surface area (Å²) in [4.78, 5) is 4.14. The van der Waals surface area contributed by atoms with Crippen LogP contribution in [0.25, 0.3) is 0 Å². The highest BCUT2D eigenvalue weighted by molar-refractivity contribution is 6.31. The maximum absolute atomic E-state index is 6.04. The van der Waals surface area contributed by atoms with Gasteiger partial charge in [-0.15, -0.1) is 0 Å². The third-order valence-electron chi connectivity index (χ3n) is 3.43. The van der Waals surface area contributed by atoms with Crippen LogP contribution in [-0.2, 0) is 0 Å². The predicted octanol–water partition coefficient (Wildman–Crippen LogP) is 3.64. The highest BCUT2D eigenvalue weighted by Gasteiger charge is 2.42. The van der Waals surface area contributed by atoms with Crippen LogP contribution >= 0.6 is 11.6 Å². The lowest BCUT2D eigenvalue weighted by Gasteiger charge is -2.22. The molecule has 2 nitrogen and oxygen atoms in total. The lowest BCUT2D eigenvalue weighted by atomic mass is 10.0. The van der Waals surface area contributed by atoms with Gasteiger partial charge in [0, 0.05) is 12.2 Å². The molecule has 0 amide bonds. The Labute approximate surface area is 96.1 Å². The fourth-order valence-corrected chi connectivity index (χ4v) is 1.85. The highest BCUT2D eigenvalue weighted by Crippen LogP contribution is 2.49. The van der Waals surface area contributed by atoms with Crippen LogP contribution in [0, 0.1) is 12.3 Å². The quantitative estimate of drug-likeness (QED) is 0.793. The van der Waals surface area contributed by atoms with E-state index in [1.54, 1.807) is 6.20 Å². The lowest BCUT2D eigenvalue weighted by molar-refractivity contribution is 0.493. The molecule has 0 saturated heterocycles. The summed E-state index contributed by atoms with van der Waals surface area (Å²) < 4.78 is 0. The van der Waals surface area contributed by atoms with Gasteiger partial charge in [0.2, 0.25) is 0 Å². The zero-order valence-corrected chi connectivity index (χ0v) is 10.2. The number of aryl methyl sites for hydroxylation is 1. The van der Waals surface area contributed by atoms with Gasteiger partial charge in [0.25, 0.3) is 0 Å². The first kappa shape index (κ1) is 10.7. The minimum Gasteiger partial charge on any atom is -0.380 e. The number of rotatable bonds is 3. The van der Waals surface area contributed by atoms with Gasteiger partial charge in [0.15, 0.2) is 5.15 Å². The van der Waals surface area contributed by atoms with Gasteiger partial charge in [-0.1, -0.05) is 18.5 Å². The molecule has 1 aliphatic rings. The van der Waals surface area contributed by atoms with E-state index in [1.165, 1.54) is 12.8 Å². The molecule has 0 aliphatic heterocycles. The van der Waals surface area contributed by atoms with Crippen LogP contribution in [0.5, 0.6) is 0 Å². The smallest absolute Gasteiger partial charge is 0.152 e. The molecule has 1 aromatic heterocycles. The van der Waals surface area contributed by atoms with Crippen LogP contribution < -0.4 is 5.32 Å². The number of anilines is 1. The molecule has 2 rings (SSSR count). The molecule has 1 unspecified atom stereocenters. The summed E-state index contributed by atoms with van der Waals surface area (Å²) >= 11 is 6.04. The summed E-state index contributed by atoms with van der Waals surface area (Å²) in [5.41, 5.74) is 2.54. The number of nitrogens with zero attached hydrogens (tertiary/aromatic N) is 1. The van der Waals surface area contributed by atoms with Gasteiger partial charge in [-0.2, -0.15) is 0 Å². The Balaban J connectivity index is 2.13. The third kappa shape index (κ3) is 2.25. The molecule has 0 aromatic carbocycles. The maximum atomic E-state index is 6.04. The minimum absolute atomic E-state index is 0.451. The van der Waals surface area contributed by atoms with E-state index in [0.29, 0.717) is 16.6 Å². The Morgan fingerprint density at radius 3 is 2.80 bits per heavy atom. The average Bonchev–Trinajstić information content (AvgIpc) is 2.91. The van der Waals surface area contributed by atoms with Crippen molar-refractivity contribution in [3.63, 3.8) is 0 Å². The van der Waals surface area contributed by atoms with Crippen LogP contribution in [0.2, 0.25) is 5.15 Å². The van der Waals surface area contributed by atoms with Crippen molar-refractivity contribution in [3.8, 4) is 0 Å². The van der Waals surface area contributed by atoms with E-state index in [9.17, 15) is 0 Å². The van der Waals surface area contributed by atoms with Crippen molar-refractivity contribution in [2.24, 2.45) is 5.41 Å². The Kier molecular flexibility index (Phi) is 2.63. The van der Waals surface area contributed by atoms with Crippen molar-refractivity contribution in [2.45, 2.75) is 39.7 Å². The Bertz CT molecular complexity index is 372. The molecule has 1 aromatic rings. The molecule has 15 heavy (non-hydrogen) atoms. The summed E-state index contributed by atoms with van der Waals surface area (Å²) in [6.07, 6.45) is 4.40. The number of hydrogen-bond acceptors (Lipinski definition) is 2. The molecule has 3 heteroatoms. The number of hydrogen-bond donors (Lipinski definition) is 1. The van der Waals surface area contributed by atoms with Crippen molar-refractivity contribution >= 4 is 17.3 Å². The van der Waals surface area contributed by atoms with Gasteiger partial charge < -0.3 is 5.32 Å². The first-order valence-electron chi connectivity index (χ1n) is 5.40. The van der Waals surface area contributed by atoms with Gasteiger partial charge >= 0.3 is 0 Å². The molecule has 1 atom stereocenters. The number of nitrogens with one attached hydrogen (secondary N) is 1.